The molecule has 1 aromatic rings. The summed E-state index contributed by atoms with van der Waals surface area (Å²) in [7, 11) is 0. The summed E-state index contributed by atoms with van der Waals surface area (Å²) >= 11 is 0. The van der Waals surface area contributed by atoms with Crippen LogP contribution in [0.15, 0.2) is 72.9 Å². The molecule has 0 fully saturated rings. The number of hydrogen-bond donors (Lipinski definition) is 0. The molecule has 3 rings (SSSR count). The summed E-state index contributed by atoms with van der Waals surface area (Å²) in [5.41, 5.74) is 1.37. The number of benzene rings is 1. The fourth-order valence-corrected chi connectivity index (χ4v) is 2.95. The number of rotatable bonds is 8. The number of hydrogen-bond acceptors (Lipinski definition) is 1. The summed E-state index contributed by atoms with van der Waals surface area (Å²) in [6.07, 6.45) is 22.2. The van der Waals surface area contributed by atoms with E-state index in [1.54, 1.807) is 0 Å². The summed E-state index contributed by atoms with van der Waals surface area (Å²) in [5.74, 6) is 2.20. The molecule has 114 valence electrons. The molecule has 0 radical (unpaired) electrons. The van der Waals surface area contributed by atoms with E-state index < -0.39 is 0 Å². The third kappa shape index (κ3) is 4.49. The van der Waals surface area contributed by atoms with Gasteiger partial charge in [0.2, 0.25) is 0 Å². The van der Waals surface area contributed by atoms with Crippen LogP contribution in [0.1, 0.15) is 24.8 Å². The Labute approximate surface area is 133 Å². The Bertz CT molecular complexity index is 550. The highest BCUT2D eigenvalue weighted by Crippen LogP contribution is 2.20. The fourth-order valence-electron chi connectivity index (χ4n) is 2.95. The predicted molar refractivity (Wildman–Crippen MR) is 93.0 cm³/mol. The highest BCUT2D eigenvalue weighted by molar-refractivity contribution is 5.29. The Balaban J connectivity index is 1.34. The van der Waals surface area contributed by atoms with Crippen molar-refractivity contribution >= 4 is 0 Å². The minimum atomic E-state index is 0.561. The van der Waals surface area contributed by atoms with Crippen LogP contribution >= 0.6 is 0 Å². The molecule has 0 N–H and O–H groups in total. The monoisotopic (exact) mass is 292 g/mol. The largest absolute Gasteiger partial charge is 0.494 e. The molecule has 0 unspecified atom stereocenters. The van der Waals surface area contributed by atoms with Crippen molar-refractivity contribution < 1.29 is 4.74 Å². The van der Waals surface area contributed by atoms with Gasteiger partial charge in [0.1, 0.15) is 5.75 Å². The van der Waals surface area contributed by atoms with Crippen molar-refractivity contribution in [3.8, 4) is 5.75 Å². The van der Waals surface area contributed by atoms with Crippen LogP contribution in [0.3, 0.4) is 0 Å². The maximum absolute atomic E-state index is 5.83. The average Bonchev–Trinajstić information content (AvgIpc) is 3.22. The third-order valence-electron chi connectivity index (χ3n) is 4.25. The van der Waals surface area contributed by atoms with Crippen LogP contribution in [0.25, 0.3) is 0 Å². The van der Waals surface area contributed by atoms with Gasteiger partial charge in [-0.1, -0.05) is 60.7 Å². The van der Waals surface area contributed by atoms with Gasteiger partial charge in [-0.25, -0.2) is 0 Å². The molecule has 0 atom stereocenters. The lowest BCUT2D eigenvalue weighted by Gasteiger charge is -2.09. The van der Waals surface area contributed by atoms with Crippen LogP contribution in [0.4, 0.5) is 0 Å². The van der Waals surface area contributed by atoms with Crippen molar-refractivity contribution in [2.24, 2.45) is 11.8 Å². The quantitative estimate of drug-likeness (QED) is 0.594. The molecule has 0 saturated carbocycles. The van der Waals surface area contributed by atoms with Crippen molar-refractivity contribution in [1.29, 1.82) is 0 Å². The number of allylic oxidation sites excluding steroid dienone is 8. The molecule has 0 bridgehead atoms. The Morgan fingerprint density at radius 2 is 1.36 bits per heavy atom. The van der Waals surface area contributed by atoms with Crippen LogP contribution in [0.5, 0.6) is 5.75 Å². The second kappa shape index (κ2) is 7.84. The second-order valence-electron chi connectivity index (χ2n) is 6.06. The molecule has 0 spiro atoms. The van der Waals surface area contributed by atoms with Gasteiger partial charge in [-0.15, -0.1) is 0 Å². The molecule has 0 amide bonds. The Kier molecular flexibility index (Phi) is 5.31. The topological polar surface area (TPSA) is 9.23 Å². The third-order valence-corrected chi connectivity index (χ3v) is 4.25. The van der Waals surface area contributed by atoms with Gasteiger partial charge < -0.3 is 4.74 Å². The van der Waals surface area contributed by atoms with E-state index in [2.05, 4.69) is 72.9 Å². The first kappa shape index (κ1) is 14.9. The zero-order valence-electron chi connectivity index (χ0n) is 13.0. The zero-order valence-corrected chi connectivity index (χ0v) is 13.0. The predicted octanol–water partition coefficient (Wildman–Crippen LogP) is 5.26. The van der Waals surface area contributed by atoms with E-state index >= 15 is 0 Å². The van der Waals surface area contributed by atoms with E-state index in [0.717, 1.165) is 25.2 Å². The molecule has 22 heavy (non-hydrogen) atoms. The van der Waals surface area contributed by atoms with Crippen molar-refractivity contribution in [3.63, 3.8) is 0 Å². The molecule has 1 heteroatoms. The smallest absolute Gasteiger partial charge is 0.119 e. The van der Waals surface area contributed by atoms with Gasteiger partial charge >= 0.3 is 0 Å². The van der Waals surface area contributed by atoms with Crippen LogP contribution in [0, 0.1) is 11.8 Å². The van der Waals surface area contributed by atoms with Gasteiger partial charge in [0.15, 0.2) is 0 Å². The van der Waals surface area contributed by atoms with Gasteiger partial charge in [0, 0.05) is 0 Å². The highest BCUT2D eigenvalue weighted by atomic mass is 16.5. The van der Waals surface area contributed by atoms with E-state index in [0.29, 0.717) is 11.8 Å². The molecule has 0 heterocycles. The Morgan fingerprint density at radius 1 is 0.727 bits per heavy atom. The van der Waals surface area contributed by atoms with E-state index in [1.165, 1.54) is 18.4 Å². The van der Waals surface area contributed by atoms with Gasteiger partial charge in [-0.2, -0.15) is 0 Å². The van der Waals surface area contributed by atoms with E-state index in [-0.39, 0.29) is 0 Å². The van der Waals surface area contributed by atoms with Gasteiger partial charge in [-0.3, -0.25) is 0 Å². The number of ether oxygens (including phenoxy) is 1. The standard InChI is InChI=1S/C21H24O/c1-2-8-18(7-1)9-5-6-16-22-21-14-12-20(13-15-21)17-19-10-3-4-11-19/h1-4,7-8,10-15,18-19H,5-6,9,16-17H2. The first-order chi connectivity index (χ1) is 10.9. The zero-order chi connectivity index (χ0) is 15.0. The summed E-state index contributed by atoms with van der Waals surface area (Å²) < 4.78 is 5.83. The van der Waals surface area contributed by atoms with Crippen molar-refractivity contribution in [1.82, 2.24) is 0 Å². The maximum Gasteiger partial charge on any atom is 0.119 e. The van der Waals surface area contributed by atoms with Crippen molar-refractivity contribution in [2.45, 2.75) is 25.7 Å². The molecule has 2 aliphatic rings. The Hall–Kier alpha value is -2.02. The van der Waals surface area contributed by atoms with Crippen LogP contribution in [-0.2, 0) is 6.42 Å². The normalized spacial score (nSPS) is 16.9. The van der Waals surface area contributed by atoms with Gasteiger partial charge in [0.05, 0.1) is 6.61 Å². The minimum Gasteiger partial charge on any atom is -0.494 e. The van der Waals surface area contributed by atoms with Crippen LogP contribution < -0.4 is 4.74 Å². The van der Waals surface area contributed by atoms with Crippen LogP contribution in [-0.4, -0.2) is 6.61 Å². The van der Waals surface area contributed by atoms with E-state index in [9.17, 15) is 0 Å². The summed E-state index contributed by atoms with van der Waals surface area (Å²) in [6.45, 7) is 0.813. The van der Waals surface area contributed by atoms with Crippen LogP contribution in [0.2, 0.25) is 0 Å². The lowest BCUT2D eigenvalue weighted by molar-refractivity contribution is 0.303. The van der Waals surface area contributed by atoms with E-state index in [1.807, 2.05) is 0 Å². The molecule has 1 nitrogen and oxygen atoms in total. The van der Waals surface area contributed by atoms with Crippen molar-refractivity contribution in [3.05, 3.63) is 78.4 Å². The second-order valence-corrected chi connectivity index (χ2v) is 6.06. The van der Waals surface area contributed by atoms with Gasteiger partial charge in [0.25, 0.3) is 0 Å². The summed E-state index contributed by atoms with van der Waals surface area (Å²) in [4.78, 5) is 0. The van der Waals surface area contributed by atoms with E-state index in [4.69, 9.17) is 4.74 Å². The van der Waals surface area contributed by atoms with Crippen molar-refractivity contribution in [2.75, 3.05) is 6.61 Å². The lowest BCUT2D eigenvalue weighted by atomic mass is 10.0. The molecule has 0 aromatic heterocycles. The average molecular weight is 292 g/mol. The molecule has 0 aliphatic heterocycles. The molecule has 2 aliphatic carbocycles. The lowest BCUT2D eigenvalue weighted by Crippen LogP contribution is -2.00. The molecule has 1 aromatic carbocycles. The molecular weight excluding hydrogens is 268 g/mol. The summed E-state index contributed by atoms with van der Waals surface area (Å²) in [5, 5.41) is 0. The SMILES string of the molecule is C1=CC(CCCCOc2ccc(CC3C=CC=C3)cc2)C=C1. The highest BCUT2D eigenvalue weighted by Gasteiger charge is 2.05. The number of unbranched alkanes of at least 4 members (excludes halogenated alkanes) is 1. The molecule has 0 saturated heterocycles. The first-order valence-corrected chi connectivity index (χ1v) is 8.32. The summed E-state index contributed by atoms with van der Waals surface area (Å²) in [6, 6.07) is 8.56. The van der Waals surface area contributed by atoms with Gasteiger partial charge in [-0.05, 0) is 55.2 Å². The fraction of sp³-hybridized carbons (Fsp3) is 0.333. The minimum absolute atomic E-state index is 0.561. The maximum atomic E-state index is 5.83. The molecular formula is C21H24O. The first-order valence-electron chi connectivity index (χ1n) is 8.32. The Morgan fingerprint density at radius 3 is 2.05 bits per heavy atom.